The molecule has 0 aliphatic carbocycles. The van der Waals surface area contributed by atoms with Gasteiger partial charge in [-0.3, -0.25) is 14.9 Å². The van der Waals surface area contributed by atoms with E-state index in [1.165, 1.54) is 0 Å². The number of benzene rings is 1. The number of nitrogens with two attached hydrogens (primary N) is 1. The summed E-state index contributed by atoms with van der Waals surface area (Å²) in [5, 5.41) is 13.5. The van der Waals surface area contributed by atoms with Crippen LogP contribution < -0.4 is 11.1 Å². The van der Waals surface area contributed by atoms with E-state index < -0.39 is 16.5 Å². The monoisotopic (exact) mass is 306 g/mol. The van der Waals surface area contributed by atoms with Gasteiger partial charge in [-0.25, -0.2) is 4.98 Å². The van der Waals surface area contributed by atoms with Crippen molar-refractivity contribution in [3.8, 4) is 0 Å². The van der Waals surface area contributed by atoms with E-state index in [2.05, 4.69) is 10.3 Å². The smallest absolute Gasteiger partial charge is 0.300 e. The van der Waals surface area contributed by atoms with Crippen LogP contribution >= 0.6 is 11.6 Å². The topological polar surface area (TPSA) is 111 Å². The number of hydrogen-bond acceptors (Lipinski definition) is 5. The second-order valence-electron chi connectivity index (χ2n) is 4.21. The molecule has 0 fully saturated rings. The molecular formula is C13H11ClN4O3. The van der Waals surface area contributed by atoms with Crippen LogP contribution in [0.5, 0.6) is 0 Å². The number of anilines is 1. The van der Waals surface area contributed by atoms with Crippen molar-refractivity contribution in [2.75, 3.05) is 5.73 Å². The predicted molar refractivity (Wildman–Crippen MR) is 77.9 cm³/mol. The summed E-state index contributed by atoms with van der Waals surface area (Å²) in [7, 11) is 0. The van der Waals surface area contributed by atoms with Gasteiger partial charge in [-0.2, -0.15) is 0 Å². The maximum Gasteiger partial charge on any atom is 0.300 e. The number of nitrogens with one attached hydrogen (secondary N) is 1. The lowest BCUT2D eigenvalue weighted by molar-refractivity contribution is -0.385. The summed E-state index contributed by atoms with van der Waals surface area (Å²) in [6.07, 6.45) is 0.959. The summed E-state index contributed by atoms with van der Waals surface area (Å²) in [4.78, 5) is 25.8. The fourth-order valence-corrected chi connectivity index (χ4v) is 1.82. The molecule has 0 saturated heterocycles. The van der Waals surface area contributed by atoms with Gasteiger partial charge in [-0.1, -0.05) is 23.7 Å². The van der Waals surface area contributed by atoms with Crippen LogP contribution in [0.15, 0.2) is 36.5 Å². The summed E-state index contributed by atoms with van der Waals surface area (Å²) in [5.41, 5.74) is 6.47. The van der Waals surface area contributed by atoms with Crippen LogP contribution in [0.3, 0.4) is 0 Å². The van der Waals surface area contributed by atoms with Gasteiger partial charge in [0.25, 0.3) is 11.6 Å². The largest absolute Gasteiger partial charge is 0.399 e. The van der Waals surface area contributed by atoms with Crippen molar-refractivity contribution < 1.29 is 9.72 Å². The Morgan fingerprint density at radius 3 is 2.67 bits per heavy atom. The minimum atomic E-state index is -0.679. The molecule has 21 heavy (non-hydrogen) atoms. The highest BCUT2D eigenvalue weighted by Gasteiger charge is 2.21. The summed E-state index contributed by atoms with van der Waals surface area (Å²) in [6.45, 7) is 0.218. The van der Waals surface area contributed by atoms with Crippen LogP contribution in [0.25, 0.3) is 0 Å². The average Bonchev–Trinajstić information content (AvgIpc) is 2.46. The molecule has 1 aromatic heterocycles. The van der Waals surface area contributed by atoms with Crippen LogP contribution in [0, 0.1) is 10.1 Å². The Morgan fingerprint density at radius 1 is 1.38 bits per heavy atom. The molecule has 2 rings (SSSR count). The van der Waals surface area contributed by atoms with E-state index in [1.807, 2.05) is 0 Å². The van der Waals surface area contributed by atoms with E-state index in [9.17, 15) is 14.9 Å². The van der Waals surface area contributed by atoms with E-state index in [0.717, 1.165) is 17.8 Å². The van der Waals surface area contributed by atoms with Gasteiger partial charge in [-0.15, -0.1) is 0 Å². The Balaban J connectivity index is 2.15. The molecule has 8 heteroatoms. The molecule has 7 nitrogen and oxygen atoms in total. The molecule has 3 N–H and O–H groups in total. The Bertz CT molecular complexity index is 688. The molecule has 108 valence electrons. The summed E-state index contributed by atoms with van der Waals surface area (Å²) >= 11 is 5.67. The zero-order valence-corrected chi connectivity index (χ0v) is 11.5. The van der Waals surface area contributed by atoms with Crippen molar-refractivity contribution >= 4 is 28.9 Å². The lowest BCUT2D eigenvalue weighted by Crippen LogP contribution is -2.23. The lowest BCUT2D eigenvalue weighted by Gasteiger charge is -2.06. The second-order valence-corrected chi connectivity index (χ2v) is 4.59. The lowest BCUT2D eigenvalue weighted by atomic mass is 10.2. The number of nitro groups is 1. The number of nitrogens with zero attached hydrogens (tertiary/aromatic N) is 2. The summed E-state index contributed by atoms with van der Waals surface area (Å²) < 4.78 is 0. The normalized spacial score (nSPS) is 10.1. The van der Waals surface area contributed by atoms with Gasteiger partial charge in [0.1, 0.15) is 16.9 Å². The SMILES string of the molecule is Nc1ccc(CNC(=O)c2cc(Cl)ncc2[N+](=O)[O-])cc1. The molecule has 1 aromatic carbocycles. The van der Waals surface area contributed by atoms with Gasteiger partial charge in [0.05, 0.1) is 4.92 Å². The first-order valence-electron chi connectivity index (χ1n) is 5.90. The number of halogens is 1. The molecule has 0 aliphatic heterocycles. The number of carbonyl (C=O) groups is 1. The molecule has 0 unspecified atom stereocenters. The third-order valence-corrected chi connectivity index (χ3v) is 2.93. The van der Waals surface area contributed by atoms with E-state index in [4.69, 9.17) is 17.3 Å². The summed E-state index contributed by atoms with van der Waals surface area (Å²) in [5.74, 6) is -0.595. The quantitative estimate of drug-likeness (QED) is 0.389. The maximum atomic E-state index is 12.0. The van der Waals surface area contributed by atoms with Crippen LogP contribution in [-0.2, 0) is 6.54 Å². The average molecular weight is 307 g/mol. The number of amides is 1. The first-order chi connectivity index (χ1) is 9.97. The Hall–Kier alpha value is -2.67. The molecule has 1 heterocycles. The standard InChI is InChI=1S/C13H11ClN4O3/c14-12-5-10(11(7-16-12)18(20)21)13(19)17-6-8-1-3-9(15)4-2-8/h1-5,7H,6,15H2,(H,17,19). The number of aromatic nitrogens is 1. The number of hydrogen-bond donors (Lipinski definition) is 2. The minimum absolute atomic E-state index is 0.0123. The number of pyridine rings is 1. The molecule has 0 atom stereocenters. The molecule has 0 spiro atoms. The van der Waals surface area contributed by atoms with Crippen LogP contribution in [-0.4, -0.2) is 15.8 Å². The van der Waals surface area contributed by atoms with E-state index in [0.29, 0.717) is 5.69 Å². The molecular weight excluding hydrogens is 296 g/mol. The molecule has 0 radical (unpaired) electrons. The number of nitrogen functional groups attached to an aromatic ring is 1. The zero-order chi connectivity index (χ0) is 15.4. The number of rotatable bonds is 4. The van der Waals surface area contributed by atoms with Crippen molar-refractivity contribution in [3.05, 3.63) is 62.9 Å². The van der Waals surface area contributed by atoms with Gasteiger partial charge in [0, 0.05) is 12.2 Å². The van der Waals surface area contributed by atoms with E-state index in [1.54, 1.807) is 24.3 Å². The van der Waals surface area contributed by atoms with Gasteiger partial charge < -0.3 is 11.1 Å². The van der Waals surface area contributed by atoms with Crippen molar-refractivity contribution in [2.45, 2.75) is 6.54 Å². The van der Waals surface area contributed by atoms with Gasteiger partial charge in [-0.05, 0) is 23.8 Å². The highest BCUT2D eigenvalue weighted by atomic mass is 35.5. The first-order valence-corrected chi connectivity index (χ1v) is 6.27. The third kappa shape index (κ3) is 3.67. The van der Waals surface area contributed by atoms with E-state index >= 15 is 0 Å². The Kier molecular flexibility index (Phi) is 4.34. The molecule has 2 aromatic rings. The van der Waals surface area contributed by atoms with Gasteiger partial charge in [0.15, 0.2) is 0 Å². The molecule has 0 aliphatic rings. The fraction of sp³-hybridized carbons (Fsp3) is 0.0769. The highest BCUT2D eigenvalue weighted by molar-refractivity contribution is 6.29. The van der Waals surface area contributed by atoms with Crippen molar-refractivity contribution in [1.29, 1.82) is 0 Å². The molecule has 1 amide bonds. The third-order valence-electron chi connectivity index (χ3n) is 2.72. The number of carbonyl (C=O) groups excluding carboxylic acids is 1. The van der Waals surface area contributed by atoms with Crippen LogP contribution in [0.4, 0.5) is 11.4 Å². The first kappa shape index (κ1) is 14.7. The van der Waals surface area contributed by atoms with Crippen molar-refractivity contribution in [1.82, 2.24) is 10.3 Å². The van der Waals surface area contributed by atoms with Crippen LogP contribution in [0.1, 0.15) is 15.9 Å². The Labute approximate surface area is 124 Å². The molecule has 0 saturated carbocycles. The Morgan fingerprint density at radius 2 is 2.05 bits per heavy atom. The van der Waals surface area contributed by atoms with Crippen LogP contribution in [0.2, 0.25) is 5.15 Å². The zero-order valence-electron chi connectivity index (χ0n) is 10.7. The van der Waals surface area contributed by atoms with E-state index in [-0.39, 0.29) is 17.3 Å². The minimum Gasteiger partial charge on any atom is -0.399 e. The predicted octanol–water partition coefficient (Wildman–Crippen LogP) is 2.16. The fourth-order valence-electron chi connectivity index (χ4n) is 1.66. The maximum absolute atomic E-state index is 12.0. The summed E-state index contributed by atoms with van der Waals surface area (Å²) in [6, 6.07) is 8.07. The van der Waals surface area contributed by atoms with Crippen molar-refractivity contribution in [3.63, 3.8) is 0 Å². The van der Waals surface area contributed by atoms with Gasteiger partial charge >= 0.3 is 0 Å². The highest BCUT2D eigenvalue weighted by Crippen LogP contribution is 2.20. The van der Waals surface area contributed by atoms with Crippen molar-refractivity contribution in [2.24, 2.45) is 0 Å². The van der Waals surface area contributed by atoms with Gasteiger partial charge in [0.2, 0.25) is 0 Å². The molecule has 0 bridgehead atoms. The second kappa shape index (κ2) is 6.19.